The van der Waals surface area contributed by atoms with Gasteiger partial charge in [0.2, 0.25) is 5.52 Å². The highest BCUT2D eigenvalue weighted by Crippen LogP contribution is 2.28. The Kier molecular flexibility index (Phi) is 5.13. The number of para-hydroxylation sites is 1. The molecule has 1 saturated heterocycles. The topological polar surface area (TPSA) is 68.6 Å². The lowest BCUT2D eigenvalue weighted by molar-refractivity contribution is -0.325. The first kappa shape index (κ1) is 18.7. The van der Waals surface area contributed by atoms with Crippen molar-refractivity contribution in [3.8, 4) is 10.6 Å². The summed E-state index contributed by atoms with van der Waals surface area (Å²) in [6.07, 6.45) is 1.68. The van der Waals surface area contributed by atoms with Gasteiger partial charge in [-0.05, 0) is 36.4 Å². The number of benzene rings is 2. The van der Waals surface area contributed by atoms with Crippen molar-refractivity contribution in [3.05, 3.63) is 72.6 Å². The van der Waals surface area contributed by atoms with Crippen LogP contribution in [-0.2, 0) is 4.74 Å². The van der Waals surface area contributed by atoms with E-state index in [1.807, 2.05) is 48.5 Å². The fourth-order valence-electron chi connectivity index (χ4n) is 3.54. The minimum Gasteiger partial charge on any atom is -0.378 e. The van der Waals surface area contributed by atoms with Crippen molar-refractivity contribution < 1.29 is 14.5 Å². The van der Waals surface area contributed by atoms with Crippen molar-refractivity contribution in [3.63, 3.8) is 0 Å². The molecule has 0 aliphatic carbocycles. The number of aromatic amines is 1. The second-order valence-electron chi connectivity index (χ2n) is 7.09. The molecule has 1 amide bonds. The Balaban J connectivity index is 1.36. The third-order valence-electron chi connectivity index (χ3n) is 5.08. The Morgan fingerprint density at radius 1 is 1.07 bits per heavy atom. The SMILES string of the molecule is O=C(Nc1cccc(-c2[nH+]c3ccccc3s2)c1)c1cc(N2CCOCC2)ccn1. The van der Waals surface area contributed by atoms with Gasteiger partial charge in [-0.15, -0.1) is 0 Å². The van der Waals surface area contributed by atoms with Crippen LogP contribution in [0.2, 0.25) is 0 Å². The van der Waals surface area contributed by atoms with E-state index in [4.69, 9.17) is 4.74 Å². The van der Waals surface area contributed by atoms with E-state index < -0.39 is 0 Å². The number of fused-ring (bicyclic) bond motifs is 1. The number of nitrogens with zero attached hydrogens (tertiary/aromatic N) is 2. The Morgan fingerprint density at radius 2 is 1.93 bits per heavy atom. The van der Waals surface area contributed by atoms with Crippen LogP contribution >= 0.6 is 11.3 Å². The standard InChI is InChI=1S/C23H20N4O2S/c28-22(20-15-18(8-9-24-20)27-10-12-29-13-11-27)25-17-5-3-4-16(14-17)23-26-19-6-1-2-7-21(19)30-23/h1-9,14-15H,10-13H2,(H,25,28)/p+1. The van der Waals surface area contributed by atoms with Gasteiger partial charge in [0.05, 0.1) is 18.8 Å². The number of thiazole rings is 1. The Hall–Kier alpha value is -3.29. The average molecular weight is 418 g/mol. The number of carbonyl (C=O) groups is 1. The molecule has 0 atom stereocenters. The highest BCUT2D eigenvalue weighted by atomic mass is 32.1. The number of H-pyrrole nitrogens is 1. The van der Waals surface area contributed by atoms with Crippen LogP contribution in [0.25, 0.3) is 20.8 Å². The van der Waals surface area contributed by atoms with Crippen molar-refractivity contribution in [2.75, 3.05) is 36.5 Å². The summed E-state index contributed by atoms with van der Waals surface area (Å²) in [7, 11) is 0. The van der Waals surface area contributed by atoms with Gasteiger partial charge in [-0.2, -0.15) is 4.98 Å². The number of nitrogens with one attached hydrogen (secondary N) is 2. The van der Waals surface area contributed by atoms with Crippen molar-refractivity contribution >= 4 is 38.8 Å². The lowest BCUT2D eigenvalue weighted by Crippen LogP contribution is -2.36. The number of anilines is 2. The number of morpholine rings is 1. The first-order chi connectivity index (χ1) is 14.8. The van der Waals surface area contributed by atoms with E-state index in [0.717, 1.165) is 40.6 Å². The van der Waals surface area contributed by atoms with Crippen molar-refractivity contribution in [2.45, 2.75) is 0 Å². The quantitative estimate of drug-likeness (QED) is 0.547. The first-order valence-electron chi connectivity index (χ1n) is 9.88. The van der Waals surface area contributed by atoms with Crippen molar-refractivity contribution in [1.29, 1.82) is 0 Å². The molecule has 1 fully saturated rings. The summed E-state index contributed by atoms with van der Waals surface area (Å²) in [5.74, 6) is -0.220. The third kappa shape index (κ3) is 3.90. The monoisotopic (exact) mass is 417 g/mol. The summed E-state index contributed by atoms with van der Waals surface area (Å²) in [6, 6.07) is 19.8. The van der Waals surface area contributed by atoms with E-state index >= 15 is 0 Å². The maximum atomic E-state index is 12.8. The minimum atomic E-state index is -0.220. The van der Waals surface area contributed by atoms with Gasteiger partial charge in [0, 0.05) is 36.7 Å². The van der Waals surface area contributed by atoms with E-state index in [1.165, 1.54) is 4.70 Å². The van der Waals surface area contributed by atoms with E-state index in [1.54, 1.807) is 17.5 Å². The van der Waals surface area contributed by atoms with Gasteiger partial charge >= 0.3 is 0 Å². The number of rotatable bonds is 4. The average Bonchev–Trinajstić information content (AvgIpc) is 3.24. The van der Waals surface area contributed by atoms with Crippen LogP contribution in [0.3, 0.4) is 0 Å². The predicted octanol–water partition coefficient (Wildman–Crippen LogP) is 3.87. The highest BCUT2D eigenvalue weighted by molar-refractivity contribution is 7.21. The third-order valence-corrected chi connectivity index (χ3v) is 6.20. The van der Waals surface area contributed by atoms with Crippen LogP contribution in [0.15, 0.2) is 66.9 Å². The number of carbonyl (C=O) groups excluding carboxylic acids is 1. The smallest absolute Gasteiger partial charge is 0.274 e. The molecular formula is C23H21N4O2S+. The maximum Gasteiger partial charge on any atom is 0.274 e. The second kappa shape index (κ2) is 8.22. The van der Waals surface area contributed by atoms with E-state index in [-0.39, 0.29) is 5.91 Å². The number of ether oxygens (including phenoxy) is 1. The number of aromatic nitrogens is 2. The zero-order valence-electron chi connectivity index (χ0n) is 16.3. The summed E-state index contributed by atoms with van der Waals surface area (Å²) in [4.78, 5) is 22.7. The molecule has 0 spiro atoms. The molecule has 0 bridgehead atoms. The second-order valence-corrected chi connectivity index (χ2v) is 8.14. The van der Waals surface area contributed by atoms with E-state index in [2.05, 4.69) is 32.3 Å². The van der Waals surface area contributed by atoms with Gasteiger partial charge in [-0.25, -0.2) is 0 Å². The van der Waals surface area contributed by atoms with Gasteiger partial charge < -0.3 is 15.0 Å². The number of hydrogen-bond donors (Lipinski definition) is 1. The van der Waals surface area contributed by atoms with Crippen LogP contribution < -0.4 is 15.2 Å². The van der Waals surface area contributed by atoms with E-state index in [0.29, 0.717) is 18.9 Å². The van der Waals surface area contributed by atoms with Gasteiger partial charge in [0.1, 0.15) is 10.4 Å². The molecule has 3 heterocycles. The lowest BCUT2D eigenvalue weighted by Gasteiger charge is -2.28. The Morgan fingerprint density at radius 3 is 2.80 bits per heavy atom. The number of hydrogen-bond acceptors (Lipinski definition) is 5. The number of pyridine rings is 1. The fraction of sp³-hybridized carbons (Fsp3) is 0.174. The van der Waals surface area contributed by atoms with Crippen molar-refractivity contribution in [1.82, 2.24) is 4.98 Å². The Bertz CT molecular complexity index is 1170. The van der Waals surface area contributed by atoms with Gasteiger partial charge in [-0.3, -0.25) is 9.78 Å². The molecule has 2 N–H and O–H groups in total. The molecule has 0 unspecified atom stereocenters. The van der Waals surface area contributed by atoms with Gasteiger partial charge in [-0.1, -0.05) is 29.5 Å². The van der Waals surface area contributed by atoms with Gasteiger partial charge in [0.25, 0.3) is 10.9 Å². The predicted molar refractivity (Wildman–Crippen MR) is 119 cm³/mol. The molecule has 0 radical (unpaired) electrons. The van der Waals surface area contributed by atoms with Crippen LogP contribution in [0.4, 0.5) is 11.4 Å². The molecule has 4 aromatic rings. The summed E-state index contributed by atoms with van der Waals surface area (Å²) in [6.45, 7) is 3.04. The van der Waals surface area contributed by atoms with E-state index in [9.17, 15) is 4.79 Å². The number of amides is 1. The first-order valence-corrected chi connectivity index (χ1v) is 10.7. The summed E-state index contributed by atoms with van der Waals surface area (Å²) >= 11 is 1.70. The molecule has 7 heteroatoms. The molecule has 1 aliphatic rings. The van der Waals surface area contributed by atoms with Crippen LogP contribution in [0, 0.1) is 0 Å². The van der Waals surface area contributed by atoms with Crippen LogP contribution in [-0.4, -0.2) is 37.2 Å². The highest BCUT2D eigenvalue weighted by Gasteiger charge is 2.16. The summed E-state index contributed by atoms with van der Waals surface area (Å²) in [5, 5.41) is 4.03. The van der Waals surface area contributed by atoms with Crippen molar-refractivity contribution in [2.24, 2.45) is 0 Å². The normalized spacial score (nSPS) is 14.1. The minimum absolute atomic E-state index is 0.220. The molecule has 6 nitrogen and oxygen atoms in total. The van der Waals surface area contributed by atoms with Crippen LogP contribution in [0.5, 0.6) is 0 Å². The summed E-state index contributed by atoms with van der Waals surface area (Å²) < 4.78 is 6.61. The molecule has 5 rings (SSSR count). The Labute approximate surface area is 178 Å². The fourth-order valence-corrected chi connectivity index (χ4v) is 4.54. The molecule has 30 heavy (non-hydrogen) atoms. The maximum absolute atomic E-state index is 12.8. The molecule has 2 aromatic carbocycles. The molecule has 0 saturated carbocycles. The molecule has 1 aliphatic heterocycles. The zero-order chi connectivity index (χ0) is 20.3. The van der Waals surface area contributed by atoms with Crippen LogP contribution in [0.1, 0.15) is 10.5 Å². The van der Waals surface area contributed by atoms with Gasteiger partial charge in [0.15, 0.2) is 0 Å². The molecular weight excluding hydrogens is 396 g/mol. The largest absolute Gasteiger partial charge is 0.378 e. The lowest BCUT2D eigenvalue weighted by atomic mass is 10.2. The molecule has 2 aromatic heterocycles. The summed E-state index contributed by atoms with van der Waals surface area (Å²) in [5.41, 5.74) is 4.27. The zero-order valence-corrected chi connectivity index (χ0v) is 17.1. The molecule has 150 valence electrons.